The Kier molecular flexibility index (Phi) is 3.99. The van der Waals surface area contributed by atoms with Crippen molar-refractivity contribution in [3.63, 3.8) is 0 Å². The summed E-state index contributed by atoms with van der Waals surface area (Å²) in [6.07, 6.45) is 3.16. The van der Waals surface area contributed by atoms with E-state index in [0.29, 0.717) is 26.3 Å². The quantitative estimate of drug-likeness (QED) is 0.570. The van der Waals surface area contributed by atoms with E-state index in [2.05, 4.69) is 0 Å². The third-order valence-corrected chi connectivity index (χ3v) is 3.55. The Morgan fingerprint density at radius 1 is 1.06 bits per heavy atom. The molecule has 2 fully saturated rings. The molecule has 96 valence electrons. The van der Waals surface area contributed by atoms with Crippen molar-refractivity contribution >= 4 is 11.8 Å². The molecule has 0 N–H and O–H groups in total. The highest BCUT2D eigenvalue weighted by molar-refractivity contribution is 6.35. The first kappa shape index (κ1) is 12.4. The number of rotatable bonds is 0. The highest BCUT2D eigenvalue weighted by Crippen LogP contribution is 2.17. The molecule has 2 amide bonds. The van der Waals surface area contributed by atoms with E-state index in [1.54, 1.807) is 9.80 Å². The summed E-state index contributed by atoms with van der Waals surface area (Å²) in [5.74, 6) is -0.693. The molecule has 2 aliphatic heterocycles. The van der Waals surface area contributed by atoms with Crippen LogP contribution in [-0.2, 0) is 14.3 Å². The zero-order chi connectivity index (χ0) is 12.3. The van der Waals surface area contributed by atoms with Crippen molar-refractivity contribution < 1.29 is 14.3 Å². The number of piperidine rings is 1. The first-order chi connectivity index (χ1) is 8.20. The lowest BCUT2D eigenvalue weighted by atomic mass is 10.0. The van der Waals surface area contributed by atoms with Crippen molar-refractivity contribution in [3.8, 4) is 0 Å². The van der Waals surface area contributed by atoms with Crippen molar-refractivity contribution in [1.29, 1.82) is 0 Å². The Bertz CT molecular complexity index is 300. The summed E-state index contributed by atoms with van der Waals surface area (Å²) >= 11 is 0. The summed E-state index contributed by atoms with van der Waals surface area (Å²) in [5.41, 5.74) is 0. The first-order valence-corrected chi connectivity index (χ1v) is 6.38. The molecule has 2 aliphatic rings. The Morgan fingerprint density at radius 3 is 2.41 bits per heavy atom. The molecule has 0 bridgehead atoms. The Balaban J connectivity index is 1.95. The smallest absolute Gasteiger partial charge is 0.312 e. The third-order valence-electron chi connectivity index (χ3n) is 3.55. The number of hydrogen-bond donors (Lipinski definition) is 0. The SMILES string of the molecule is CC1CCCCN1C(=O)C(=O)N1CCOCC1. The van der Waals surface area contributed by atoms with Crippen molar-refractivity contribution in [3.05, 3.63) is 0 Å². The van der Waals surface area contributed by atoms with E-state index in [4.69, 9.17) is 4.74 Å². The maximum atomic E-state index is 12.1. The van der Waals surface area contributed by atoms with Crippen molar-refractivity contribution in [2.24, 2.45) is 0 Å². The number of ether oxygens (including phenoxy) is 1. The lowest BCUT2D eigenvalue weighted by Crippen LogP contribution is -2.52. The number of morpholine rings is 1. The van der Waals surface area contributed by atoms with Gasteiger partial charge in [-0.3, -0.25) is 9.59 Å². The molecule has 0 aromatic rings. The van der Waals surface area contributed by atoms with E-state index >= 15 is 0 Å². The molecule has 0 aromatic heterocycles. The largest absolute Gasteiger partial charge is 0.378 e. The molecule has 0 spiro atoms. The van der Waals surface area contributed by atoms with Gasteiger partial charge in [0.2, 0.25) is 0 Å². The van der Waals surface area contributed by atoms with E-state index in [1.165, 1.54) is 0 Å². The standard InChI is InChI=1S/C12H20N2O3/c1-10-4-2-3-5-14(10)12(16)11(15)13-6-8-17-9-7-13/h10H,2-9H2,1H3. The van der Waals surface area contributed by atoms with Crippen molar-refractivity contribution in [1.82, 2.24) is 9.80 Å². The van der Waals surface area contributed by atoms with Crippen LogP contribution in [0.3, 0.4) is 0 Å². The van der Waals surface area contributed by atoms with Crippen LogP contribution in [0.5, 0.6) is 0 Å². The minimum Gasteiger partial charge on any atom is -0.378 e. The molecule has 1 atom stereocenters. The van der Waals surface area contributed by atoms with Crippen LogP contribution in [0, 0.1) is 0 Å². The molecule has 0 aliphatic carbocycles. The topological polar surface area (TPSA) is 49.9 Å². The fraction of sp³-hybridized carbons (Fsp3) is 0.833. The second-order valence-electron chi connectivity index (χ2n) is 4.75. The van der Waals surface area contributed by atoms with Crippen LogP contribution < -0.4 is 0 Å². The summed E-state index contributed by atoms with van der Waals surface area (Å²) in [7, 11) is 0. The van der Waals surface area contributed by atoms with Crippen LogP contribution in [0.4, 0.5) is 0 Å². The second-order valence-corrected chi connectivity index (χ2v) is 4.75. The number of amides is 2. The van der Waals surface area contributed by atoms with Gasteiger partial charge < -0.3 is 14.5 Å². The minimum atomic E-state index is -0.359. The number of likely N-dealkylation sites (tertiary alicyclic amines) is 1. The van der Waals surface area contributed by atoms with Gasteiger partial charge in [0.15, 0.2) is 0 Å². The van der Waals surface area contributed by atoms with Gasteiger partial charge in [-0.05, 0) is 26.2 Å². The van der Waals surface area contributed by atoms with Crippen LogP contribution >= 0.6 is 0 Å². The maximum absolute atomic E-state index is 12.1. The van der Waals surface area contributed by atoms with Crippen LogP contribution in [-0.4, -0.2) is 60.5 Å². The van der Waals surface area contributed by atoms with Gasteiger partial charge in [0.05, 0.1) is 13.2 Å². The summed E-state index contributed by atoms with van der Waals surface area (Å²) in [6.45, 7) is 4.88. The molecule has 5 heteroatoms. The monoisotopic (exact) mass is 240 g/mol. The zero-order valence-electron chi connectivity index (χ0n) is 10.4. The normalized spacial score (nSPS) is 25.8. The molecule has 17 heavy (non-hydrogen) atoms. The van der Waals surface area contributed by atoms with Gasteiger partial charge in [-0.15, -0.1) is 0 Å². The van der Waals surface area contributed by atoms with Gasteiger partial charge in [0.1, 0.15) is 0 Å². The first-order valence-electron chi connectivity index (χ1n) is 6.38. The molecular formula is C12H20N2O3. The number of hydrogen-bond acceptors (Lipinski definition) is 3. The lowest BCUT2D eigenvalue weighted by molar-refractivity contribution is -0.156. The van der Waals surface area contributed by atoms with Crippen molar-refractivity contribution in [2.45, 2.75) is 32.2 Å². The van der Waals surface area contributed by atoms with Gasteiger partial charge in [0.25, 0.3) is 0 Å². The average molecular weight is 240 g/mol. The molecular weight excluding hydrogens is 220 g/mol. The van der Waals surface area contributed by atoms with E-state index in [-0.39, 0.29) is 17.9 Å². The van der Waals surface area contributed by atoms with Gasteiger partial charge >= 0.3 is 11.8 Å². The van der Waals surface area contributed by atoms with E-state index in [1.807, 2.05) is 6.92 Å². The Morgan fingerprint density at radius 2 is 1.76 bits per heavy atom. The molecule has 0 aromatic carbocycles. The fourth-order valence-corrected chi connectivity index (χ4v) is 2.42. The molecule has 2 heterocycles. The molecule has 1 unspecified atom stereocenters. The fourth-order valence-electron chi connectivity index (χ4n) is 2.42. The zero-order valence-corrected chi connectivity index (χ0v) is 10.4. The third kappa shape index (κ3) is 2.77. The van der Waals surface area contributed by atoms with E-state index in [9.17, 15) is 9.59 Å². The van der Waals surface area contributed by atoms with Crippen LogP contribution in [0.15, 0.2) is 0 Å². The molecule has 0 radical (unpaired) electrons. The molecule has 5 nitrogen and oxygen atoms in total. The van der Waals surface area contributed by atoms with E-state index in [0.717, 1.165) is 25.8 Å². The van der Waals surface area contributed by atoms with Crippen LogP contribution in [0.2, 0.25) is 0 Å². The van der Waals surface area contributed by atoms with Gasteiger partial charge in [-0.2, -0.15) is 0 Å². The summed E-state index contributed by atoms with van der Waals surface area (Å²) in [4.78, 5) is 27.5. The Hall–Kier alpha value is -1.10. The summed E-state index contributed by atoms with van der Waals surface area (Å²) in [6, 6.07) is 0.196. The van der Waals surface area contributed by atoms with Crippen LogP contribution in [0.25, 0.3) is 0 Å². The highest BCUT2D eigenvalue weighted by Gasteiger charge is 2.31. The average Bonchev–Trinajstić information content (AvgIpc) is 2.39. The summed E-state index contributed by atoms with van der Waals surface area (Å²) in [5, 5.41) is 0. The van der Waals surface area contributed by atoms with Crippen molar-refractivity contribution in [2.75, 3.05) is 32.8 Å². The second kappa shape index (κ2) is 5.49. The van der Waals surface area contributed by atoms with Crippen LogP contribution in [0.1, 0.15) is 26.2 Å². The number of carbonyl (C=O) groups excluding carboxylic acids is 2. The Labute approximate surface area is 102 Å². The highest BCUT2D eigenvalue weighted by atomic mass is 16.5. The number of nitrogens with zero attached hydrogens (tertiary/aromatic N) is 2. The lowest BCUT2D eigenvalue weighted by Gasteiger charge is -2.35. The molecule has 0 saturated carbocycles. The summed E-state index contributed by atoms with van der Waals surface area (Å²) < 4.78 is 5.18. The predicted molar refractivity (Wildman–Crippen MR) is 62.4 cm³/mol. The number of carbonyl (C=O) groups is 2. The van der Waals surface area contributed by atoms with Gasteiger partial charge in [-0.1, -0.05) is 0 Å². The van der Waals surface area contributed by atoms with E-state index < -0.39 is 0 Å². The maximum Gasteiger partial charge on any atom is 0.312 e. The predicted octanol–water partition coefficient (Wildman–Crippen LogP) is 0.246. The minimum absolute atomic E-state index is 0.196. The van der Waals surface area contributed by atoms with Gasteiger partial charge in [-0.25, -0.2) is 0 Å². The van der Waals surface area contributed by atoms with Gasteiger partial charge in [0, 0.05) is 25.7 Å². The molecule has 2 rings (SSSR count). The molecule has 2 saturated heterocycles.